The van der Waals surface area contributed by atoms with Gasteiger partial charge >= 0.3 is 0 Å². The van der Waals surface area contributed by atoms with Crippen LogP contribution in [-0.4, -0.2) is 19.7 Å². The van der Waals surface area contributed by atoms with Gasteiger partial charge in [0.05, 0.1) is 9.77 Å². The van der Waals surface area contributed by atoms with Crippen LogP contribution in [0.2, 0.25) is 0 Å². The first-order valence-corrected chi connectivity index (χ1v) is 11.2. The Labute approximate surface area is 162 Å². The van der Waals surface area contributed by atoms with Crippen molar-refractivity contribution in [1.82, 2.24) is 4.98 Å². The first-order valence-electron chi connectivity index (χ1n) is 8.39. The van der Waals surface area contributed by atoms with E-state index in [0.29, 0.717) is 18.1 Å². The second-order valence-corrected chi connectivity index (χ2v) is 9.18. The summed E-state index contributed by atoms with van der Waals surface area (Å²) >= 11 is 1.58. The van der Waals surface area contributed by atoms with E-state index in [1.807, 2.05) is 47.8 Å². The van der Waals surface area contributed by atoms with Crippen molar-refractivity contribution in [3.05, 3.63) is 83.6 Å². The predicted molar refractivity (Wildman–Crippen MR) is 108 cm³/mol. The lowest BCUT2D eigenvalue weighted by molar-refractivity contribution is 0.520. The molecule has 0 unspecified atom stereocenters. The number of hydrogen-bond acceptors (Lipinski definition) is 5. The Morgan fingerprint density at radius 1 is 0.963 bits per heavy atom. The molecule has 0 saturated heterocycles. The monoisotopic (exact) mass is 395 g/mol. The van der Waals surface area contributed by atoms with Gasteiger partial charge in [-0.15, -0.1) is 11.3 Å². The zero-order chi connectivity index (χ0) is 18.9. The zero-order valence-electron chi connectivity index (χ0n) is 14.6. The molecule has 0 saturated carbocycles. The number of sulfone groups is 1. The van der Waals surface area contributed by atoms with Crippen LogP contribution < -0.4 is 0 Å². The fraction of sp³-hybridized carbons (Fsp3) is 0.0952. The van der Waals surface area contributed by atoms with Gasteiger partial charge in [-0.05, 0) is 29.1 Å². The summed E-state index contributed by atoms with van der Waals surface area (Å²) < 4.78 is 29.5. The SMILES string of the molecule is CS(=O)(=O)c1ccc(-c2nc(Cc3ccccc3)oc2-c2cccs2)cc1. The Morgan fingerprint density at radius 2 is 1.70 bits per heavy atom. The van der Waals surface area contributed by atoms with E-state index in [-0.39, 0.29) is 4.90 Å². The third kappa shape index (κ3) is 3.86. The molecule has 0 aliphatic carbocycles. The van der Waals surface area contributed by atoms with Crippen molar-refractivity contribution in [2.24, 2.45) is 0 Å². The van der Waals surface area contributed by atoms with Crippen LogP contribution in [0.5, 0.6) is 0 Å². The molecule has 0 N–H and O–H groups in total. The second kappa shape index (κ2) is 7.13. The molecule has 136 valence electrons. The Kier molecular flexibility index (Phi) is 4.68. The summed E-state index contributed by atoms with van der Waals surface area (Å²) in [4.78, 5) is 5.99. The molecule has 0 fully saturated rings. The van der Waals surface area contributed by atoms with Gasteiger partial charge in [0.15, 0.2) is 21.5 Å². The highest BCUT2D eigenvalue weighted by molar-refractivity contribution is 7.90. The van der Waals surface area contributed by atoms with Crippen molar-refractivity contribution in [3.8, 4) is 21.9 Å². The van der Waals surface area contributed by atoms with Gasteiger partial charge in [0, 0.05) is 18.2 Å². The number of oxazole rings is 1. The van der Waals surface area contributed by atoms with Gasteiger partial charge in [-0.2, -0.15) is 0 Å². The Bertz CT molecular complexity index is 1140. The van der Waals surface area contributed by atoms with Gasteiger partial charge in [-0.1, -0.05) is 48.5 Å². The van der Waals surface area contributed by atoms with Crippen LogP contribution in [0, 0.1) is 0 Å². The van der Waals surface area contributed by atoms with Gasteiger partial charge in [-0.3, -0.25) is 0 Å². The fourth-order valence-electron chi connectivity index (χ4n) is 2.84. The van der Waals surface area contributed by atoms with E-state index in [9.17, 15) is 8.42 Å². The van der Waals surface area contributed by atoms with E-state index >= 15 is 0 Å². The summed E-state index contributed by atoms with van der Waals surface area (Å²) in [6, 6.07) is 20.8. The van der Waals surface area contributed by atoms with Crippen molar-refractivity contribution in [2.45, 2.75) is 11.3 Å². The Balaban J connectivity index is 1.76. The smallest absolute Gasteiger partial charge is 0.200 e. The molecule has 0 aliphatic rings. The average molecular weight is 396 g/mol. The molecule has 0 bridgehead atoms. The van der Waals surface area contributed by atoms with Gasteiger partial charge in [0.25, 0.3) is 0 Å². The van der Waals surface area contributed by atoms with E-state index in [0.717, 1.165) is 21.7 Å². The topological polar surface area (TPSA) is 60.2 Å². The molecule has 2 aromatic carbocycles. The Hall–Kier alpha value is -2.70. The molecule has 0 spiro atoms. The molecule has 27 heavy (non-hydrogen) atoms. The van der Waals surface area contributed by atoms with Crippen molar-refractivity contribution in [1.29, 1.82) is 0 Å². The van der Waals surface area contributed by atoms with E-state index in [1.54, 1.807) is 35.6 Å². The molecular weight excluding hydrogens is 378 g/mol. The van der Waals surface area contributed by atoms with Gasteiger partial charge in [0.2, 0.25) is 0 Å². The Morgan fingerprint density at radius 3 is 2.33 bits per heavy atom. The zero-order valence-corrected chi connectivity index (χ0v) is 16.3. The fourth-order valence-corrected chi connectivity index (χ4v) is 4.18. The average Bonchev–Trinajstić information content (AvgIpc) is 3.31. The van der Waals surface area contributed by atoms with Crippen molar-refractivity contribution in [2.75, 3.05) is 6.26 Å². The lowest BCUT2D eigenvalue weighted by Crippen LogP contribution is -1.96. The normalized spacial score (nSPS) is 11.6. The molecule has 6 heteroatoms. The van der Waals surface area contributed by atoms with Crippen molar-refractivity contribution in [3.63, 3.8) is 0 Å². The van der Waals surface area contributed by atoms with Gasteiger partial charge < -0.3 is 4.42 Å². The van der Waals surface area contributed by atoms with Crippen LogP contribution in [0.4, 0.5) is 0 Å². The largest absolute Gasteiger partial charge is 0.439 e. The number of rotatable bonds is 5. The maximum atomic E-state index is 11.7. The minimum atomic E-state index is -3.23. The van der Waals surface area contributed by atoms with Crippen LogP contribution in [0.1, 0.15) is 11.5 Å². The molecule has 0 atom stereocenters. The molecule has 0 amide bonds. The van der Waals surface area contributed by atoms with Crippen LogP contribution in [0.25, 0.3) is 21.9 Å². The van der Waals surface area contributed by atoms with Crippen LogP contribution in [0.3, 0.4) is 0 Å². The lowest BCUT2D eigenvalue weighted by atomic mass is 10.1. The summed E-state index contributed by atoms with van der Waals surface area (Å²) in [6.07, 6.45) is 1.80. The van der Waals surface area contributed by atoms with Crippen LogP contribution in [0.15, 0.2) is 81.4 Å². The number of thiophene rings is 1. The maximum Gasteiger partial charge on any atom is 0.200 e. The number of benzene rings is 2. The highest BCUT2D eigenvalue weighted by atomic mass is 32.2. The molecule has 4 aromatic rings. The summed E-state index contributed by atoms with van der Waals surface area (Å²) in [5.74, 6) is 1.34. The maximum absolute atomic E-state index is 11.7. The first kappa shape index (κ1) is 17.7. The van der Waals surface area contributed by atoms with E-state index < -0.39 is 9.84 Å². The standard InChI is InChI=1S/C21H17NO3S2/c1-27(23,24)17-11-9-16(10-12-17)20-21(18-8-5-13-26-18)25-19(22-20)14-15-6-3-2-4-7-15/h2-13H,14H2,1H3. The molecule has 0 aliphatic heterocycles. The number of hydrogen-bond donors (Lipinski definition) is 0. The molecule has 4 nitrogen and oxygen atoms in total. The van der Waals surface area contributed by atoms with Gasteiger partial charge in [0.1, 0.15) is 5.69 Å². The molecular formula is C21H17NO3S2. The molecule has 2 aromatic heterocycles. The minimum Gasteiger partial charge on any atom is -0.439 e. The summed E-state index contributed by atoms with van der Waals surface area (Å²) in [7, 11) is -3.23. The molecule has 4 rings (SSSR count). The number of aromatic nitrogens is 1. The van der Waals surface area contributed by atoms with E-state index in [1.165, 1.54) is 6.26 Å². The molecule has 0 radical (unpaired) electrons. The second-order valence-electron chi connectivity index (χ2n) is 6.22. The van der Waals surface area contributed by atoms with Crippen molar-refractivity contribution < 1.29 is 12.8 Å². The quantitative estimate of drug-likeness (QED) is 0.474. The third-order valence-electron chi connectivity index (χ3n) is 4.17. The highest BCUT2D eigenvalue weighted by Crippen LogP contribution is 2.36. The number of nitrogens with zero attached hydrogens (tertiary/aromatic N) is 1. The lowest BCUT2D eigenvalue weighted by Gasteiger charge is -2.02. The minimum absolute atomic E-state index is 0.289. The van der Waals surface area contributed by atoms with Gasteiger partial charge in [-0.25, -0.2) is 13.4 Å². The highest BCUT2D eigenvalue weighted by Gasteiger charge is 2.18. The predicted octanol–water partition coefficient (Wildman–Crippen LogP) is 5.06. The van der Waals surface area contributed by atoms with Crippen LogP contribution >= 0.6 is 11.3 Å². The summed E-state index contributed by atoms with van der Waals surface area (Å²) in [5.41, 5.74) is 2.67. The van der Waals surface area contributed by atoms with Crippen LogP contribution in [-0.2, 0) is 16.3 Å². The summed E-state index contributed by atoms with van der Waals surface area (Å²) in [6.45, 7) is 0. The first-order chi connectivity index (χ1) is 13.0. The van der Waals surface area contributed by atoms with E-state index in [2.05, 4.69) is 0 Å². The summed E-state index contributed by atoms with van der Waals surface area (Å²) in [5, 5.41) is 1.99. The third-order valence-corrected chi connectivity index (χ3v) is 6.17. The molecule has 2 heterocycles. The van der Waals surface area contributed by atoms with Crippen molar-refractivity contribution >= 4 is 21.2 Å². The van der Waals surface area contributed by atoms with E-state index in [4.69, 9.17) is 9.40 Å².